The van der Waals surface area contributed by atoms with E-state index >= 15 is 0 Å². The number of benzene rings is 1. The number of para-hydroxylation sites is 1. The minimum Gasteiger partial charge on any atom is -0.481 e. The van der Waals surface area contributed by atoms with Crippen LogP contribution in [0.1, 0.15) is 30.4 Å². The third-order valence-corrected chi connectivity index (χ3v) is 3.78. The molecule has 1 aromatic carbocycles. The van der Waals surface area contributed by atoms with Crippen molar-refractivity contribution in [2.75, 3.05) is 0 Å². The van der Waals surface area contributed by atoms with E-state index < -0.39 is 5.97 Å². The monoisotopic (exact) mass is 256 g/mol. The summed E-state index contributed by atoms with van der Waals surface area (Å²) in [7, 11) is 0. The number of carboxylic acid groups (broad SMARTS) is 1. The van der Waals surface area contributed by atoms with E-state index in [2.05, 4.69) is 5.10 Å². The van der Waals surface area contributed by atoms with Crippen molar-refractivity contribution in [2.45, 2.75) is 31.6 Å². The number of nitrogens with zero attached hydrogens (tertiary/aromatic N) is 2. The molecule has 1 fully saturated rings. The zero-order valence-corrected chi connectivity index (χ0v) is 10.8. The van der Waals surface area contributed by atoms with Crippen molar-refractivity contribution in [1.82, 2.24) is 9.78 Å². The number of carbonyl (C=O) groups is 1. The second-order valence-electron chi connectivity index (χ2n) is 5.33. The van der Waals surface area contributed by atoms with Crippen molar-refractivity contribution >= 4 is 5.97 Å². The van der Waals surface area contributed by atoms with E-state index in [9.17, 15) is 4.79 Å². The van der Waals surface area contributed by atoms with Gasteiger partial charge in [0.2, 0.25) is 0 Å². The maximum Gasteiger partial charge on any atom is 0.304 e. The van der Waals surface area contributed by atoms with E-state index in [1.165, 1.54) is 0 Å². The number of rotatable bonds is 4. The lowest BCUT2D eigenvalue weighted by molar-refractivity contribution is -0.137. The molecule has 1 aromatic heterocycles. The predicted molar refractivity (Wildman–Crippen MR) is 71.5 cm³/mol. The van der Waals surface area contributed by atoms with Gasteiger partial charge in [-0.05, 0) is 37.0 Å². The molecule has 3 rings (SSSR count). The maximum atomic E-state index is 11.1. The molecule has 4 heteroatoms. The quantitative estimate of drug-likeness (QED) is 0.915. The molecule has 0 saturated heterocycles. The molecule has 98 valence electrons. The SMILES string of the molecule is Cc1cnn(-c2ccccc2C2(CC(=O)O)CC2)c1. The molecule has 1 N–H and O–H groups in total. The molecular formula is C15H16N2O2. The van der Waals surface area contributed by atoms with Crippen LogP contribution >= 0.6 is 0 Å². The van der Waals surface area contributed by atoms with Gasteiger partial charge in [-0.1, -0.05) is 18.2 Å². The van der Waals surface area contributed by atoms with Gasteiger partial charge in [-0.2, -0.15) is 5.10 Å². The Morgan fingerprint density at radius 2 is 2.16 bits per heavy atom. The van der Waals surface area contributed by atoms with Gasteiger partial charge in [0.25, 0.3) is 0 Å². The minimum absolute atomic E-state index is 0.192. The van der Waals surface area contributed by atoms with Gasteiger partial charge < -0.3 is 5.11 Å². The Balaban J connectivity index is 2.05. The highest BCUT2D eigenvalue weighted by atomic mass is 16.4. The van der Waals surface area contributed by atoms with Gasteiger partial charge in [-0.25, -0.2) is 4.68 Å². The molecule has 19 heavy (non-hydrogen) atoms. The van der Waals surface area contributed by atoms with Crippen LogP contribution in [-0.2, 0) is 10.2 Å². The van der Waals surface area contributed by atoms with Crippen molar-refractivity contribution in [3.8, 4) is 5.69 Å². The second kappa shape index (κ2) is 4.23. The number of aromatic nitrogens is 2. The molecule has 0 radical (unpaired) electrons. The van der Waals surface area contributed by atoms with Gasteiger partial charge in [0.15, 0.2) is 0 Å². The van der Waals surface area contributed by atoms with E-state index in [-0.39, 0.29) is 11.8 Å². The molecule has 2 aromatic rings. The second-order valence-corrected chi connectivity index (χ2v) is 5.33. The first-order valence-corrected chi connectivity index (χ1v) is 6.44. The summed E-state index contributed by atoms with van der Waals surface area (Å²) in [4.78, 5) is 11.1. The van der Waals surface area contributed by atoms with Crippen LogP contribution in [0.5, 0.6) is 0 Å². The number of hydrogen-bond donors (Lipinski definition) is 1. The molecule has 0 amide bonds. The van der Waals surface area contributed by atoms with Crippen LogP contribution < -0.4 is 0 Å². The lowest BCUT2D eigenvalue weighted by Crippen LogP contribution is -2.16. The van der Waals surface area contributed by atoms with Crippen molar-refractivity contribution in [1.29, 1.82) is 0 Å². The van der Waals surface area contributed by atoms with Gasteiger partial charge in [0.05, 0.1) is 18.3 Å². The van der Waals surface area contributed by atoms with Gasteiger partial charge >= 0.3 is 5.97 Å². The van der Waals surface area contributed by atoms with Crippen LogP contribution in [0.4, 0.5) is 0 Å². The molecule has 0 atom stereocenters. The summed E-state index contributed by atoms with van der Waals surface area (Å²) in [5.74, 6) is -0.732. The highest BCUT2D eigenvalue weighted by Crippen LogP contribution is 2.52. The number of hydrogen-bond acceptors (Lipinski definition) is 2. The van der Waals surface area contributed by atoms with Gasteiger partial charge in [-0.15, -0.1) is 0 Å². The van der Waals surface area contributed by atoms with Crippen molar-refractivity contribution in [3.63, 3.8) is 0 Å². The molecular weight excluding hydrogens is 240 g/mol. The van der Waals surface area contributed by atoms with Crippen molar-refractivity contribution < 1.29 is 9.90 Å². The first kappa shape index (κ1) is 12.0. The highest BCUT2D eigenvalue weighted by Gasteiger charge is 2.47. The number of aliphatic carboxylic acids is 1. The Morgan fingerprint density at radius 1 is 1.42 bits per heavy atom. The van der Waals surface area contributed by atoms with E-state index in [0.29, 0.717) is 0 Å². The Morgan fingerprint density at radius 3 is 2.74 bits per heavy atom. The average Bonchev–Trinajstić information content (AvgIpc) is 3.01. The maximum absolute atomic E-state index is 11.1. The minimum atomic E-state index is -0.732. The zero-order chi connectivity index (χ0) is 13.5. The highest BCUT2D eigenvalue weighted by molar-refractivity contribution is 5.71. The predicted octanol–water partition coefficient (Wildman–Crippen LogP) is 2.69. The first-order valence-electron chi connectivity index (χ1n) is 6.44. The molecule has 0 spiro atoms. The number of carboxylic acids is 1. The topological polar surface area (TPSA) is 55.1 Å². The van der Waals surface area contributed by atoms with Gasteiger partial charge in [0, 0.05) is 11.6 Å². The lowest BCUT2D eigenvalue weighted by Gasteiger charge is -2.17. The van der Waals surface area contributed by atoms with E-state index in [1.807, 2.05) is 48.3 Å². The third kappa shape index (κ3) is 2.14. The van der Waals surface area contributed by atoms with E-state index in [1.54, 1.807) is 0 Å². The Bertz CT molecular complexity index is 627. The van der Waals surface area contributed by atoms with E-state index in [0.717, 1.165) is 29.7 Å². The largest absolute Gasteiger partial charge is 0.481 e. The van der Waals surface area contributed by atoms with Gasteiger partial charge in [-0.3, -0.25) is 4.79 Å². The summed E-state index contributed by atoms with van der Waals surface area (Å²) >= 11 is 0. The van der Waals surface area contributed by atoms with Crippen LogP contribution in [-0.4, -0.2) is 20.9 Å². The van der Waals surface area contributed by atoms with Crippen LogP contribution in [0, 0.1) is 6.92 Å². The fraction of sp³-hybridized carbons (Fsp3) is 0.333. The molecule has 0 aliphatic heterocycles. The van der Waals surface area contributed by atoms with Crippen LogP contribution in [0.25, 0.3) is 5.69 Å². The van der Waals surface area contributed by atoms with Crippen molar-refractivity contribution in [2.24, 2.45) is 0 Å². The van der Waals surface area contributed by atoms with Crippen LogP contribution in [0.15, 0.2) is 36.7 Å². The molecule has 1 aliphatic carbocycles. The molecule has 1 aliphatic rings. The molecule has 4 nitrogen and oxygen atoms in total. The molecule has 0 bridgehead atoms. The number of aryl methyl sites for hydroxylation is 1. The Labute approximate surface area is 111 Å². The normalized spacial score (nSPS) is 16.3. The smallest absolute Gasteiger partial charge is 0.304 e. The van der Waals surface area contributed by atoms with Crippen molar-refractivity contribution in [3.05, 3.63) is 47.8 Å². The lowest BCUT2D eigenvalue weighted by atomic mass is 9.91. The van der Waals surface area contributed by atoms with Crippen LogP contribution in [0.3, 0.4) is 0 Å². The molecule has 1 saturated carbocycles. The first-order chi connectivity index (χ1) is 9.11. The summed E-state index contributed by atoms with van der Waals surface area (Å²) in [5.41, 5.74) is 3.00. The zero-order valence-electron chi connectivity index (χ0n) is 10.8. The average molecular weight is 256 g/mol. The third-order valence-electron chi connectivity index (χ3n) is 3.78. The molecule has 1 heterocycles. The van der Waals surface area contributed by atoms with Gasteiger partial charge in [0.1, 0.15) is 0 Å². The summed E-state index contributed by atoms with van der Waals surface area (Å²) in [5, 5.41) is 13.4. The summed E-state index contributed by atoms with van der Waals surface area (Å²) in [6.45, 7) is 2.00. The van der Waals surface area contributed by atoms with Crippen LogP contribution in [0.2, 0.25) is 0 Å². The summed E-state index contributed by atoms with van der Waals surface area (Å²) < 4.78 is 1.84. The summed E-state index contributed by atoms with van der Waals surface area (Å²) in [6, 6.07) is 7.97. The summed E-state index contributed by atoms with van der Waals surface area (Å²) in [6.07, 6.45) is 5.86. The van der Waals surface area contributed by atoms with E-state index in [4.69, 9.17) is 5.11 Å². The fourth-order valence-corrected chi connectivity index (χ4v) is 2.65. The Hall–Kier alpha value is -2.10. The fourth-order valence-electron chi connectivity index (χ4n) is 2.65. The standard InChI is InChI=1S/C15H16N2O2/c1-11-9-16-17(10-11)13-5-3-2-4-12(13)15(6-7-15)8-14(18)19/h2-5,9-10H,6-8H2,1H3,(H,18,19). The molecule has 0 unspecified atom stereocenters. The Kier molecular flexibility index (Phi) is 2.66.